The van der Waals surface area contributed by atoms with E-state index in [1.807, 2.05) is 11.0 Å². The zero-order valence-corrected chi connectivity index (χ0v) is 45.5. The highest BCUT2D eigenvalue weighted by Gasteiger charge is 2.64. The second-order valence-corrected chi connectivity index (χ2v) is 22.8. The van der Waals surface area contributed by atoms with Crippen molar-refractivity contribution in [3.8, 4) is 22.9 Å². The van der Waals surface area contributed by atoms with E-state index in [1.54, 1.807) is 72.7 Å². The number of benzene rings is 2. The fourth-order valence-electron chi connectivity index (χ4n) is 12.8. The van der Waals surface area contributed by atoms with Gasteiger partial charge in [-0.2, -0.15) is 15.5 Å². The number of urea groups is 1. The van der Waals surface area contributed by atoms with E-state index >= 15 is 0 Å². The molecule has 1 saturated carbocycles. The van der Waals surface area contributed by atoms with Crippen LogP contribution in [0.2, 0.25) is 5.02 Å². The molecule has 21 heteroatoms. The number of hydrogen-bond donors (Lipinski definition) is 2. The molecule has 5 aromatic rings. The van der Waals surface area contributed by atoms with Crippen molar-refractivity contribution in [2.75, 3.05) is 69.3 Å². The van der Waals surface area contributed by atoms with Crippen molar-refractivity contribution >= 4 is 46.9 Å². The van der Waals surface area contributed by atoms with Crippen molar-refractivity contribution < 1.29 is 32.6 Å². The first-order valence-electron chi connectivity index (χ1n) is 26.8. The summed E-state index contributed by atoms with van der Waals surface area (Å²) in [5.41, 5.74) is 4.67. The Kier molecular flexibility index (Phi) is 15.2. The molecule has 0 atom stereocenters. The molecule has 3 aromatic heterocycles. The van der Waals surface area contributed by atoms with Gasteiger partial charge in [-0.1, -0.05) is 39.3 Å². The van der Waals surface area contributed by atoms with Crippen molar-refractivity contribution in [1.29, 1.82) is 5.26 Å². The van der Waals surface area contributed by atoms with Crippen LogP contribution in [0.1, 0.15) is 117 Å². The third-order valence-corrected chi connectivity index (χ3v) is 17.0. The predicted molar refractivity (Wildman–Crippen MR) is 286 cm³/mol. The van der Waals surface area contributed by atoms with E-state index in [9.17, 15) is 28.4 Å². The molecule has 2 saturated heterocycles. The van der Waals surface area contributed by atoms with Crippen LogP contribution in [-0.4, -0.2) is 129 Å². The number of amides is 4. The van der Waals surface area contributed by atoms with Crippen LogP contribution in [0.5, 0.6) is 5.75 Å². The number of halogens is 3. The Hall–Kier alpha value is -6.85. The number of nitrogens with zero attached hydrogens (tertiary/aromatic N) is 11. The largest absolute Gasteiger partial charge is 0.489 e. The van der Waals surface area contributed by atoms with Gasteiger partial charge in [-0.3, -0.25) is 19.0 Å². The minimum atomic E-state index is -2.70. The highest BCUT2D eigenvalue weighted by atomic mass is 35.5. The van der Waals surface area contributed by atoms with E-state index in [4.69, 9.17) is 26.2 Å². The van der Waals surface area contributed by atoms with Gasteiger partial charge in [0.15, 0.2) is 5.82 Å². The average Bonchev–Trinajstić information content (AvgIpc) is 4.16. The van der Waals surface area contributed by atoms with E-state index in [2.05, 4.69) is 73.9 Å². The van der Waals surface area contributed by atoms with Crippen LogP contribution in [0.4, 0.5) is 31.0 Å². The Labute approximate surface area is 453 Å². The topological polar surface area (TPSA) is 192 Å². The number of aryl methyl sites for hydroxylation is 2. The van der Waals surface area contributed by atoms with Gasteiger partial charge in [-0.25, -0.2) is 23.5 Å². The van der Waals surface area contributed by atoms with Crippen LogP contribution in [-0.2, 0) is 36.0 Å². The van der Waals surface area contributed by atoms with E-state index < -0.39 is 17.3 Å². The summed E-state index contributed by atoms with van der Waals surface area (Å²) in [7, 11) is 3.39. The van der Waals surface area contributed by atoms with Crippen molar-refractivity contribution in [3.63, 3.8) is 0 Å². The lowest BCUT2D eigenvalue weighted by Gasteiger charge is -2.63. The number of aromatic nitrogens is 6. The normalized spacial score (nSPS) is 20.3. The number of hydrogen-bond acceptors (Lipinski definition) is 12. The lowest BCUT2D eigenvalue weighted by molar-refractivity contribution is -0.164. The molecule has 7 heterocycles. The van der Waals surface area contributed by atoms with Gasteiger partial charge in [0, 0.05) is 136 Å². The first-order chi connectivity index (χ1) is 36.9. The number of nitrogens with one attached hydrogen (secondary N) is 2. The molecule has 4 aliphatic heterocycles. The molecule has 0 bridgehead atoms. The third-order valence-electron chi connectivity index (χ3n) is 16.7. The molecule has 3 fully saturated rings. The minimum absolute atomic E-state index is 0.0173. The van der Waals surface area contributed by atoms with Gasteiger partial charge in [0.1, 0.15) is 24.5 Å². The van der Waals surface area contributed by atoms with E-state index in [-0.39, 0.29) is 48.2 Å². The zero-order valence-electron chi connectivity index (χ0n) is 44.7. The lowest BCUT2D eigenvalue weighted by Crippen LogP contribution is -2.74. The van der Waals surface area contributed by atoms with E-state index in [0.29, 0.717) is 115 Å². The number of anilines is 3. The van der Waals surface area contributed by atoms with Gasteiger partial charge < -0.3 is 39.7 Å². The monoisotopic (exact) mass is 1080 g/mol. The first kappa shape index (κ1) is 53.5. The molecule has 18 nitrogen and oxygen atoms in total. The Morgan fingerprint density at radius 2 is 1.68 bits per heavy atom. The fraction of sp³-hybridized carbons (Fsp3) is 0.536. The minimum Gasteiger partial charge on any atom is -0.489 e. The maximum Gasteiger partial charge on any atom is 0.317 e. The van der Waals surface area contributed by atoms with Crippen LogP contribution in [0.3, 0.4) is 0 Å². The molecule has 0 spiro atoms. The highest BCUT2D eigenvalue weighted by molar-refractivity contribution is 6.31. The van der Waals surface area contributed by atoms with Gasteiger partial charge >= 0.3 is 6.03 Å². The maximum absolute atomic E-state index is 14.8. The summed E-state index contributed by atoms with van der Waals surface area (Å²) in [6.45, 7) is 12.9. The number of ether oxygens (including phenoxy) is 2. The van der Waals surface area contributed by atoms with Crippen LogP contribution in [0.15, 0.2) is 55.1 Å². The third kappa shape index (κ3) is 10.6. The first-order valence-corrected chi connectivity index (χ1v) is 27.2. The van der Waals surface area contributed by atoms with Crippen LogP contribution >= 0.6 is 11.6 Å². The molecule has 408 valence electrons. The van der Waals surface area contributed by atoms with E-state index in [0.717, 1.165) is 62.0 Å². The number of rotatable bonds is 14. The molecular formula is C56H68ClF2N13O5. The maximum atomic E-state index is 14.8. The number of piperidine rings is 2. The Bertz CT molecular complexity index is 3030. The fourth-order valence-corrected chi connectivity index (χ4v) is 13.0. The summed E-state index contributed by atoms with van der Waals surface area (Å²) >= 11 is 6.26. The zero-order chi connectivity index (χ0) is 54.3. The second kappa shape index (κ2) is 21.9. The van der Waals surface area contributed by atoms with Crippen molar-refractivity contribution in [2.24, 2.45) is 23.8 Å². The highest BCUT2D eigenvalue weighted by Crippen LogP contribution is 2.56. The lowest BCUT2D eigenvalue weighted by atomic mass is 9.49. The molecule has 77 heavy (non-hydrogen) atoms. The molecule has 0 unspecified atom stereocenters. The summed E-state index contributed by atoms with van der Waals surface area (Å²) in [5, 5.41) is 25.1. The number of carbonyl (C=O) groups is 3. The number of likely N-dealkylation sites (tertiary alicyclic amines) is 1. The van der Waals surface area contributed by atoms with Gasteiger partial charge in [-0.05, 0) is 86.3 Å². The molecule has 10 rings (SSSR count). The molecule has 0 radical (unpaired) electrons. The summed E-state index contributed by atoms with van der Waals surface area (Å²) in [6, 6.07) is 10.2. The molecule has 1 aliphatic carbocycles. The van der Waals surface area contributed by atoms with Crippen LogP contribution in [0, 0.1) is 28.1 Å². The number of carbonyl (C=O) groups excluding carboxylic acids is 3. The molecule has 4 amide bonds. The molecular weight excluding hydrogens is 1010 g/mol. The van der Waals surface area contributed by atoms with Gasteiger partial charge in [0.25, 0.3) is 12.3 Å². The number of fused-ring (bicyclic) bond motifs is 2. The second-order valence-electron chi connectivity index (χ2n) is 22.4. The van der Waals surface area contributed by atoms with Gasteiger partial charge in [-0.15, -0.1) is 0 Å². The Balaban J connectivity index is 0.690. The SMILES string of the molecule is CNC(=O)N1CCc2c(c(N3CCCc4cc(-c5cnn(C)c5)c(C(F)F)cc43)nn2C2CCN(C(=O)COCCC3CCN(c4ncc(C(=O)NC5C(C)(C)C(Oc6ccc(C#N)c(Cl)c6)C5(C)C)cn4)CC3)CC2)C1. The molecule has 2 aromatic carbocycles. The predicted octanol–water partition coefficient (Wildman–Crippen LogP) is 8.42. The average molecular weight is 1080 g/mol. The van der Waals surface area contributed by atoms with Crippen molar-refractivity contribution in [3.05, 3.63) is 93.7 Å². The van der Waals surface area contributed by atoms with Crippen molar-refractivity contribution in [1.82, 2.24) is 50.0 Å². The number of nitriles is 1. The summed E-state index contributed by atoms with van der Waals surface area (Å²) < 4.78 is 45.7. The van der Waals surface area contributed by atoms with E-state index in [1.165, 1.54) is 0 Å². The summed E-state index contributed by atoms with van der Waals surface area (Å²) in [5.74, 6) is 1.99. The quantitative estimate of drug-likeness (QED) is 0.101. The van der Waals surface area contributed by atoms with Gasteiger partial charge in [0.2, 0.25) is 11.9 Å². The summed E-state index contributed by atoms with van der Waals surface area (Å²) in [6.07, 6.45) is 9.85. The van der Waals surface area contributed by atoms with Crippen LogP contribution in [0.25, 0.3) is 11.1 Å². The number of alkyl halides is 2. The summed E-state index contributed by atoms with van der Waals surface area (Å²) in [4.78, 5) is 56.9. The van der Waals surface area contributed by atoms with Crippen LogP contribution < -0.4 is 25.2 Å². The standard InChI is InChI=1S/C56H68ClF2N13O5/c1-55(2)51(56(3,4)52(55)77-40-10-9-36(27-60)44(57)25-40)65-50(74)37-28-62-53(63-29-37)69-18-11-34(12-19-69)16-23-76-33-47(73)68-20-13-39(14-21-68)72-45-15-22-70(54(75)61-5)32-43(45)49(66-72)71-17-7-8-35-24-41(38-30-64-67(6)31-38)42(48(58)59)26-46(35)71/h9-10,24-26,28-31,34,39,48,51-52H,7-8,11-23,32-33H2,1-6H3,(H,61,75)(H,65,74). The van der Waals surface area contributed by atoms with Gasteiger partial charge in [0.05, 0.1) is 34.9 Å². The molecule has 5 aliphatic rings. The van der Waals surface area contributed by atoms with Crippen molar-refractivity contribution in [2.45, 2.75) is 110 Å². The molecule has 2 N–H and O–H groups in total. The Morgan fingerprint density at radius 3 is 2.34 bits per heavy atom. The smallest absolute Gasteiger partial charge is 0.317 e. The Morgan fingerprint density at radius 1 is 0.935 bits per heavy atom.